The van der Waals surface area contributed by atoms with Gasteiger partial charge in [-0.25, -0.2) is 4.79 Å². The van der Waals surface area contributed by atoms with E-state index in [-0.39, 0.29) is 5.97 Å². The summed E-state index contributed by atoms with van der Waals surface area (Å²) in [4.78, 5) is 15.1. The van der Waals surface area contributed by atoms with Crippen LogP contribution in [0.5, 0.6) is 0 Å². The zero-order valence-electron chi connectivity index (χ0n) is 6.88. The molecule has 0 saturated heterocycles. The first-order valence-electron chi connectivity index (χ1n) is 3.47. The van der Waals surface area contributed by atoms with E-state index in [9.17, 15) is 4.79 Å². The molecule has 0 aliphatic rings. The lowest BCUT2D eigenvalue weighted by atomic mass is 10.2. The fourth-order valence-electron chi connectivity index (χ4n) is 0.883. The molecule has 0 N–H and O–H groups in total. The number of aromatic nitrogens is 1. The summed E-state index contributed by atoms with van der Waals surface area (Å²) in [6.45, 7) is 0. The highest BCUT2D eigenvalue weighted by molar-refractivity contribution is 9.10. The molecule has 0 aliphatic heterocycles. The number of carbonyl (C=O) groups excluding carboxylic acids is 1. The Morgan fingerprint density at radius 2 is 2.31 bits per heavy atom. The highest BCUT2D eigenvalue weighted by Crippen LogP contribution is 2.22. The number of rotatable bonds is 2. The van der Waals surface area contributed by atoms with Gasteiger partial charge in [-0.3, -0.25) is 4.98 Å². The summed E-state index contributed by atoms with van der Waals surface area (Å²) in [5, 5.41) is 0.584. The third kappa shape index (κ3) is 2.28. The van der Waals surface area contributed by atoms with Crippen molar-refractivity contribution >= 4 is 37.8 Å². The van der Waals surface area contributed by atoms with Gasteiger partial charge in [0.2, 0.25) is 0 Å². The van der Waals surface area contributed by atoms with E-state index in [4.69, 9.17) is 0 Å². The van der Waals surface area contributed by atoms with Crippen molar-refractivity contribution in [3.63, 3.8) is 0 Å². The van der Waals surface area contributed by atoms with Crippen molar-refractivity contribution in [2.45, 2.75) is 5.33 Å². The van der Waals surface area contributed by atoms with E-state index in [1.165, 1.54) is 13.3 Å². The molecule has 0 aromatic carbocycles. The summed E-state index contributed by atoms with van der Waals surface area (Å²) in [6, 6.07) is 0. The largest absolute Gasteiger partial charge is 0.465 e. The number of carbonyl (C=O) groups is 1. The van der Waals surface area contributed by atoms with Crippen molar-refractivity contribution in [2.24, 2.45) is 0 Å². The number of hydrogen-bond donors (Lipinski definition) is 0. The molecule has 3 nitrogen and oxygen atoms in total. The molecule has 5 heteroatoms. The standard InChI is InChI=1S/C8H7Br2NO2/c1-13-8(12)6-3-11-4-7(10)5(6)2-9/h3-4H,2H2,1H3. The van der Waals surface area contributed by atoms with Gasteiger partial charge in [-0.1, -0.05) is 15.9 Å². The molecular formula is C8H7Br2NO2. The molecule has 0 atom stereocenters. The fourth-order valence-corrected chi connectivity index (χ4v) is 2.34. The quantitative estimate of drug-likeness (QED) is 0.622. The highest BCUT2D eigenvalue weighted by Gasteiger charge is 2.13. The van der Waals surface area contributed by atoms with Gasteiger partial charge in [-0.15, -0.1) is 0 Å². The van der Waals surface area contributed by atoms with Crippen molar-refractivity contribution in [1.29, 1.82) is 0 Å². The molecule has 0 bridgehead atoms. The Bertz CT molecular complexity index is 328. The summed E-state index contributed by atoms with van der Waals surface area (Å²) in [5.74, 6) is -0.372. The van der Waals surface area contributed by atoms with Crippen LogP contribution in [-0.2, 0) is 10.1 Å². The van der Waals surface area contributed by atoms with Crippen LogP contribution in [0.25, 0.3) is 0 Å². The number of halogens is 2. The second kappa shape index (κ2) is 4.72. The Morgan fingerprint density at radius 3 is 2.85 bits per heavy atom. The number of ether oxygens (including phenoxy) is 1. The van der Waals surface area contributed by atoms with Gasteiger partial charge in [0.25, 0.3) is 0 Å². The molecule has 0 amide bonds. The minimum atomic E-state index is -0.372. The monoisotopic (exact) mass is 307 g/mol. The van der Waals surface area contributed by atoms with Gasteiger partial charge in [0, 0.05) is 22.2 Å². The lowest BCUT2D eigenvalue weighted by Gasteiger charge is -2.05. The Labute approximate surface area is 92.8 Å². The zero-order valence-corrected chi connectivity index (χ0v) is 10.1. The predicted octanol–water partition coefficient (Wildman–Crippen LogP) is 2.53. The first kappa shape index (κ1) is 10.7. The van der Waals surface area contributed by atoms with Gasteiger partial charge in [0.15, 0.2) is 0 Å². The Hall–Kier alpha value is -0.420. The fraction of sp³-hybridized carbons (Fsp3) is 0.250. The number of alkyl halides is 1. The predicted molar refractivity (Wildman–Crippen MR) is 55.9 cm³/mol. The molecule has 0 unspecified atom stereocenters. The number of methoxy groups -OCH3 is 1. The summed E-state index contributed by atoms with van der Waals surface area (Å²) in [6.07, 6.45) is 3.14. The summed E-state index contributed by atoms with van der Waals surface area (Å²) in [7, 11) is 1.35. The van der Waals surface area contributed by atoms with Gasteiger partial charge in [0.1, 0.15) is 0 Å². The van der Waals surface area contributed by atoms with Crippen molar-refractivity contribution in [3.05, 3.63) is 28.0 Å². The van der Waals surface area contributed by atoms with Gasteiger partial charge in [-0.2, -0.15) is 0 Å². The molecule has 0 aliphatic carbocycles. The lowest BCUT2D eigenvalue weighted by molar-refractivity contribution is 0.0599. The molecule has 1 heterocycles. The molecule has 70 valence electrons. The summed E-state index contributed by atoms with van der Waals surface area (Å²) < 4.78 is 5.41. The van der Waals surface area contributed by atoms with E-state index in [1.54, 1.807) is 6.20 Å². The first-order valence-corrected chi connectivity index (χ1v) is 5.38. The van der Waals surface area contributed by atoms with Crippen molar-refractivity contribution in [2.75, 3.05) is 7.11 Å². The van der Waals surface area contributed by atoms with Crippen LogP contribution in [-0.4, -0.2) is 18.1 Å². The smallest absolute Gasteiger partial charge is 0.339 e. The maximum Gasteiger partial charge on any atom is 0.339 e. The van der Waals surface area contributed by atoms with Crippen LogP contribution in [0, 0.1) is 0 Å². The van der Waals surface area contributed by atoms with Crippen LogP contribution in [0.3, 0.4) is 0 Å². The minimum absolute atomic E-state index is 0.372. The van der Waals surface area contributed by atoms with Gasteiger partial charge >= 0.3 is 5.97 Å². The van der Waals surface area contributed by atoms with Crippen LogP contribution in [0.4, 0.5) is 0 Å². The maximum absolute atomic E-state index is 11.2. The van der Waals surface area contributed by atoms with E-state index in [0.717, 1.165) is 10.0 Å². The average molecular weight is 309 g/mol. The van der Waals surface area contributed by atoms with Crippen LogP contribution in [0.1, 0.15) is 15.9 Å². The van der Waals surface area contributed by atoms with Crippen molar-refractivity contribution in [1.82, 2.24) is 4.98 Å². The van der Waals surface area contributed by atoms with E-state index in [2.05, 4.69) is 41.6 Å². The molecule has 1 aromatic rings. The van der Waals surface area contributed by atoms with Crippen LogP contribution < -0.4 is 0 Å². The lowest BCUT2D eigenvalue weighted by Crippen LogP contribution is -2.06. The first-order chi connectivity index (χ1) is 6.20. The van der Waals surface area contributed by atoms with Crippen molar-refractivity contribution < 1.29 is 9.53 Å². The van der Waals surface area contributed by atoms with Crippen LogP contribution >= 0.6 is 31.9 Å². The Kier molecular flexibility index (Phi) is 3.87. The molecule has 0 spiro atoms. The van der Waals surface area contributed by atoms with Crippen LogP contribution in [0.15, 0.2) is 16.9 Å². The SMILES string of the molecule is COC(=O)c1cncc(Br)c1CBr. The number of nitrogens with zero attached hydrogens (tertiary/aromatic N) is 1. The topological polar surface area (TPSA) is 39.2 Å². The second-order valence-corrected chi connectivity index (χ2v) is 3.69. The molecule has 1 rings (SSSR count). The van der Waals surface area contributed by atoms with Gasteiger partial charge < -0.3 is 4.74 Å². The Morgan fingerprint density at radius 1 is 1.62 bits per heavy atom. The summed E-state index contributed by atoms with van der Waals surface area (Å²) in [5.41, 5.74) is 1.33. The zero-order chi connectivity index (χ0) is 9.84. The number of hydrogen-bond acceptors (Lipinski definition) is 3. The normalized spacial score (nSPS) is 9.77. The third-order valence-electron chi connectivity index (χ3n) is 1.54. The molecule has 0 fully saturated rings. The molecule has 0 saturated carbocycles. The van der Waals surface area contributed by atoms with Crippen LogP contribution in [0.2, 0.25) is 0 Å². The Balaban J connectivity index is 3.20. The summed E-state index contributed by atoms with van der Waals surface area (Å²) >= 11 is 6.60. The molecule has 0 radical (unpaired) electrons. The molecule has 13 heavy (non-hydrogen) atoms. The second-order valence-electron chi connectivity index (χ2n) is 2.27. The number of pyridine rings is 1. The van der Waals surface area contributed by atoms with Gasteiger partial charge in [0.05, 0.1) is 12.7 Å². The number of esters is 1. The maximum atomic E-state index is 11.2. The minimum Gasteiger partial charge on any atom is -0.465 e. The van der Waals surface area contributed by atoms with Crippen molar-refractivity contribution in [3.8, 4) is 0 Å². The van der Waals surface area contributed by atoms with Gasteiger partial charge in [-0.05, 0) is 21.5 Å². The highest BCUT2D eigenvalue weighted by atomic mass is 79.9. The van der Waals surface area contributed by atoms with E-state index in [1.807, 2.05) is 0 Å². The molecule has 1 aromatic heterocycles. The average Bonchev–Trinajstić information content (AvgIpc) is 2.16. The molecular weight excluding hydrogens is 302 g/mol. The van der Waals surface area contributed by atoms with E-state index in [0.29, 0.717) is 10.9 Å². The third-order valence-corrected chi connectivity index (χ3v) is 2.79. The van der Waals surface area contributed by atoms with E-state index >= 15 is 0 Å². The van der Waals surface area contributed by atoms with E-state index < -0.39 is 0 Å².